The first kappa shape index (κ1) is 42.0. The number of hydrogen-bond donors (Lipinski definition) is 0. The van der Waals surface area contributed by atoms with Crippen molar-refractivity contribution >= 4 is 90.2 Å². The van der Waals surface area contributed by atoms with E-state index in [2.05, 4.69) is 62.4 Å². The summed E-state index contributed by atoms with van der Waals surface area (Å²) in [5.74, 6) is 0. The monoisotopic (exact) mass is 848 g/mol. The number of unbranched alkanes of at least 4 members (excludes halogenated alkanes) is 6. The van der Waals surface area contributed by atoms with E-state index in [1.165, 1.54) is 49.7 Å². The average Bonchev–Trinajstić information content (AvgIpc) is 3.08. The van der Waals surface area contributed by atoms with E-state index in [4.69, 9.17) is 0 Å². The van der Waals surface area contributed by atoms with Crippen molar-refractivity contribution in [1.29, 1.82) is 0 Å². The van der Waals surface area contributed by atoms with Crippen LogP contribution in [-0.4, -0.2) is 41.9 Å². The van der Waals surface area contributed by atoms with Crippen molar-refractivity contribution in [2.24, 2.45) is 0 Å². The molecule has 0 saturated carbocycles. The van der Waals surface area contributed by atoms with Crippen LogP contribution in [0.3, 0.4) is 0 Å². The van der Waals surface area contributed by atoms with Gasteiger partial charge >= 0.3 is 0 Å². The minimum atomic E-state index is -1.30. The van der Waals surface area contributed by atoms with Crippen LogP contribution in [0.15, 0.2) is 119 Å². The second kappa shape index (κ2) is 20.2. The van der Waals surface area contributed by atoms with Gasteiger partial charge in [0, 0.05) is 64.2 Å². The van der Waals surface area contributed by atoms with Crippen LogP contribution in [0.5, 0.6) is 0 Å². The van der Waals surface area contributed by atoms with E-state index in [-0.39, 0.29) is 0 Å². The molecular formula is C40H48O4S8. The zero-order chi connectivity index (χ0) is 37.4. The number of hydrogen-bond acceptors (Lipinski definition) is 8. The van der Waals surface area contributed by atoms with Gasteiger partial charge in [0.25, 0.3) is 0 Å². The smallest absolute Gasteiger partial charge is 0.0537 e. The summed E-state index contributed by atoms with van der Waals surface area (Å²) in [5.41, 5.74) is 2.46. The molecule has 0 amide bonds. The van der Waals surface area contributed by atoms with E-state index in [9.17, 15) is 16.8 Å². The second-order valence-electron chi connectivity index (χ2n) is 13.0. The largest absolute Gasteiger partial charge is 0.255 e. The Morgan fingerprint density at radius 3 is 0.923 bits per heavy atom. The van der Waals surface area contributed by atoms with Gasteiger partial charge in [-0.25, -0.2) is 0 Å². The van der Waals surface area contributed by atoms with Crippen LogP contribution in [0.2, 0.25) is 0 Å². The molecule has 0 saturated heterocycles. The highest BCUT2D eigenvalue weighted by Crippen LogP contribution is 2.46. The average molecular weight is 849 g/mol. The molecular weight excluding hydrogens is 801 g/mol. The molecule has 52 heavy (non-hydrogen) atoms. The third kappa shape index (κ3) is 11.5. The topological polar surface area (TPSA) is 68.3 Å². The van der Waals surface area contributed by atoms with Gasteiger partial charge in [0.05, 0.1) is 62.8 Å². The van der Waals surface area contributed by atoms with Gasteiger partial charge in [-0.15, -0.1) is 0 Å². The van der Waals surface area contributed by atoms with Crippen LogP contribution < -0.4 is 0 Å². The highest BCUT2D eigenvalue weighted by atomic mass is 32.2. The Kier molecular flexibility index (Phi) is 16.3. The third-order valence-corrected chi connectivity index (χ3v) is 17.1. The summed E-state index contributed by atoms with van der Waals surface area (Å²) in [6, 6.07) is 21.2. The molecule has 4 aromatic rings. The molecule has 1 aliphatic rings. The van der Waals surface area contributed by atoms with Crippen molar-refractivity contribution in [2.75, 3.05) is 25.0 Å². The van der Waals surface area contributed by atoms with Crippen LogP contribution >= 0.6 is 47.0 Å². The molecule has 12 heteroatoms. The fourth-order valence-corrected chi connectivity index (χ4v) is 14.9. The number of fused-ring (bicyclic) bond motifs is 8. The lowest BCUT2D eigenvalue weighted by atomic mass is 10.1. The standard InChI is InChI=1S/C40H48O4S8/c1-7-9-11-13-15-27-17-29-21-30(18-27)46-34-24-36(40(52(6)44)26-38(34)50(4)42)48-32-20-28(16-14-12-10-8-2)19-31(22-32)47-35-23-33(45-29)37(49(3)41)25-39(35)51(5)43/h17-26H,7-16H2,1-6H3. The fourth-order valence-electron chi connectivity index (χ4n) is 6.07. The predicted octanol–water partition coefficient (Wildman–Crippen LogP) is 11.8. The fraction of sp³-hybridized carbons (Fsp3) is 0.400. The van der Waals surface area contributed by atoms with Crippen molar-refractivity contribution in [3.05, 3.63) is 71.8 Å². The highest BCUT2D eigenvalue weighted by molar-refractivity contribution is 8.02. The van der Waals surface area contributed by atoms with Crippen LogP contribution in [-0.2, 0) is 56.0 Å². The molecule has 4 aromatic carbocycles. The van der Waals surface area contributed by atoms with E-state index in [1.807, 2.05) is 12.1 Å². The maximum atomic E-state index is 13.2. The molecule has 8 bridgehead atoms. The van der Waals surface area contributed by atoms with Crippen molar-refractivity contribution in [3.8, 4) is 0 Å². The van der Waals surface area contributed by atoms with Gasteiger partial charge < -0.3 is 0 Å². The Hall–Kier alpha value is -1.12. The Bertz CT molecular complexity index is 1750. The molecule has 1 heterocycles. The van der Waals surface area contributed by atoms with E-state index in [1.54, 1.807) is 72.1 Å². The highest BCUT2D eigenvalue weighted by Gasteiger charge is 2.21. The molecule has 0 spiro atoms. The molecule has 4 atom stereocenters. The summed E-state index contributed by atoms with van der Waals surface area (Å²) in [5, 5.41) is 0. The Labute approximate surface area is 337 Å². The van der Waals surface area contributed by atoms with Crippen molar-refractivity contribution in [1.82, 2.24) is 0 Å². The molecule has 0 N–H and O–H groups in total. The summed E-state index contributed by atoms with van der Waals surface area (Å²) in [7, 11) is -5.19. The first-order valence-corrected chi connectivity index (χ1v) is 27.1. The van der Waals surface area contributed by atoms with Crippen LogP contribution in [0, 0.1) is 0 Å². The molecule has 0 aliphatic carbocycles. The first-order valence-electron chi connectivity index (χ1n) is 17.6. The maximum absolute atomic E-state index is 13.2. The normalized spacial score (nSPS) is 15.2. The summed E-state index contributed by atoms with van der Waals surface area (Å²) in [4.78, 5) is 10.4. The van der Waals surface area contributed by atoms with Gasteiger partial charge in [-0.1, -0.05) is 99.4 Å². The van der Waals surface area contributed by atoms with Crippen molar-refractivity contribution < 1.29 is 16.8 Å². The summed E-state index contributed by atoms with van der Waals surface area (Å²) >= 11 is 6.39. The summed E-state index contributed by atoms with van der Waals surface area (Å²) < 4.78 is 52.9. The molecule has 0 radical (unpaired) electrons. The van der Waals surface area contributed by atoms with Gasteiger partial charge in [-0.05, 0) is 97.5 Å². The summed E-state index contributed by atoms with van der Waals surface area (Å²) in [6.45, 7) is 4.44. The lowest BCUT2D eigenvalue weighted by Gasteiger charge is -2.18. The van der Waals surface area contributed by atoms with Gasteiger partial charge in [0.15, 0.2) is 0 Å². The first-order chi connectivity index (χ1) is 24.9. The predicted molar refractivity (Wildman–Crippen MR) is 227 cm³/mol. The van der Waals surface area contributed by atoms with E-state index < -0.39 is 43.2 Å². The number of aryl methyl sites for hydroxylation is 2. The Balaban J connectivity index is 1.75. The Morgan fingerprint density at radius 2 is 0.673 bits per heavy atom. The molecule has 280 valence electrons. The lowest BCUT2D eigenvalue weighted by molar-refractivity contribution is 0.666. The third-order valence-electron chi connectivity index (χ3n) is 8.69. The number of rotatable bonds is 14. The molecule has 1 aliphatic heterocycles. The van der Waals surface area contributed by atoms with Gasteiger partial charge in [0.1, 0.15) is 0 Å². The molecule has 0 fully saturated rings. The molecule has 0 aromatic heterocycles. The Morgan fingerprint density at radius 1 is 0.385 bits per heavy atom. The van der Waals surface area contributed by atoms with Gasteiger partial charge in [-0.3, -0.25) is 16.8 Å². The van der Waals surface area contributed by atoms with Crippen LogP contribution in [0.25, 0.3) is 0 Å². The van der Waals surface area contributed by atoms with Crippen molar-refractivity contribution in [2.45, 2.75) is 137 Å². The van der Waals surface area contributed by atoms with Gasteiger partial charge in [0.2, 0.25) is 0 Å². The van der Waals surface area contributed by atoms with Crippen molar-refractivity contribution in [3.63, 3.8) is 0 Å². The maximum Gasteiger partial charge on any atom is 0.0537 e. The number of benzene rings is 4. The van der Waals surface area contributed by atoms with Gasteiger partial charge in [-0.2, -0.15) is 0 Å². The minimum Gasteiger partial charge on any atom is -0.255 e. The van der Waals surface area contributed by atoms with Crippen LogP contribution in [0.4, 0.5) is 0 Å². The minimum absolute atomic E-state index is 0.681. The van der Waals surface area contributed by atoms with E-state index in [0.717, 1.165) is 64.8 Å². The zero-order valence-electron chi connectivity index (χ0n) is 30.7. The zero-order valence-corrected chi connectivity index (χ0v) is 37.3. The second-order valence-corrected chi connectivity index (χ2v) is 22.8. The van der Waals surface area contributed by atoms with E-state index >= 15 is 0 Å². The molecule has 5 rings (SSSR count). The SMILES string of the molecule is CCCCCCc1cc2cc(c1)Sc1cc(c(S(C)=O)cc1S(C)=O)Sc1cc(CCCCCC)cc(c1)Sc1cc(c(S(C)=O)cc1S(C)=O)S2. The molecule has 4 unspecified atom stereocenters. The lowest BCUT2D eigenvalue weighted by Crippen LogP contribution is -2.00. The van der Waals surface area contributed by atoms with Crippen LogP contribution in [0.1, 0.15) is 76.3 Å². The quantitative estimate of drug-likeness (QED) is 0.102. The van der Waals surface area contributed by atoms with E-state index in [0.29, 0.717) is 19.6 Å². The molecule has 4 nitrogen and oxygen atoms in total. The summed E-state index contributed by atoms with van der Waals surface area (Å²) in [6.07, 6.45) is 17.9.